The SMILES string of the molecule is COc1cc(Cl)cc(/C=C(\C(=O)O)c2ccc(F)cc2)c1O. The predicted molar refractivity (Wildman–Crippen MR) is 81.6 cm³/mol. The summed E-state index contributed by atoms with van der Waals surface area (Å²) in [6, 6.07) is 7.82. The van der Waals surface area contributed by atoms with Crippen molar-refractivity contribution < 1.29 is 24.1 Å². The smallest absolute Gasteiger partial charge is 0.336 e. The molecule has 0 unspecified atom stereocenters. The topological polar surface area (TPSA) is 66.8 Å². The number of phenolic OH excluding ortho intramolecular Hbond substituents is 1. The fourth-order valence-corrected chi connectivity index (χ4v) is 2.13. The van der Waals surface area contributed by atoms with Crippen LogP contribution in [0.3, 0.4) is 0 Å². The van der Waals surface area contributed by atoms with Gasteiger partial charge in [0.05, 0.1) is 12.7 Å². The molecule has 2 N–H and O–H groups in total. The summed E-state index contributed by atoms with van der Waals surface area (Å²) < 4.78 is 17.9. The fourth-order valence-electron chi connectivity index (χ4n) is 1.91. The van der Waals surface area contributed by atoms with E-state index in [0.29, 0.717) is 5.56 Å². The van der Waals surface area contributed by atoms with E-state index in [2.05, 4.69) is 0 Å². The number of carboxylic acid groups (broad SMARTS) is 1. The summed E-state index contributed by atoms with van der Waals surface area (Å²) in [5, 5.41) is 19.7. The van der Waals surface area contributed by atoms with E-state index in [4.69, 9.17) is 16.3 Å². The Morgan fingerprint density at radius 2 is 1.91 bits per heavy atom. The molecular weight excluding hydrogens is 311 g/mol. The van der Waals surface area contributed by atoms with E-state index in [9.17, 15) is 19.4 Å². The van der Waals surface area contributed by atoms with Gasteiger partial charge < -0.3 is 14.9 Å². The Morgan fingerprint density at radius 3 is 2.45 bits per heavy atom. The summed E-state index contributed by atoms with van der Waals surface area (Å²) in [4.78, 5) is 11.4. The van der Waals surface area contributed by atoms with Gasteiger partial charge in [0.1, 0.15) is 5.82 Å². The molecule has 0 atom stereocenters. The third-order valence-corrected chi connectivity index (χ3v) is 3.19. The Balaban J connectivity index is 2.58. The number of rotatable bonds is 4. The molecule has 0 fully saturated rings. The maximum absolute atomic E-state index is 13.0. The number of carboxylic acids is 1. The van der Waals surface area contributed by atoms with Crippen molar-refractivity contribution in [3.05, 3.63) is 58.4 Å². The highest BCUT2D eigenvalue weighted by atomic mass is 35.5. The van der Waals surface area contributed by atoms with Gasteiger partial charge in [0.25, 0.3) is 0 Å². The van der Waals surface area contributed by atoms with E-state index in [0.717, 1.165) is 12.1 Å². The second kappa shape index (κ2) is 6.49. The molecule has 0 aliphatic heterocycles. The van der Waals surface area contributed by atoms with Gasteiger partial charge in [0, 0.05) is 16.7 Å². The summed E-state index contributed by atoms with van der Waals surface area (Å²) in [6.07, 6.45) is 1.25. The lowest BCUT2D eigenvalue weighted by molar-refractivity contribution is -0.130. The minimum atomic E-state index is -1.22. The maximum atomic E-state index is 13.0. The quantitative estimate of drug-likeness (QED) is 0.663. The highest BCUT2D eigenvalue weighted by Crippen LogP contribution is 2.35. The fraction of sp³-hybridized carbons (Fsp3) is 0.0625. The van der Waals surface area contributed by atoms with Gasteiger partial charge in [-0.2, -0.15) is 0 Å². The molecule has 0 aliphatic carbocycles. The molecule has 2 aromatic rings. The zero-order chi connectivity index (χ0) is 16.3. The van der Waals surface area contributed by atoms with E-state index >= 15 is 0 Å². The van der Waals surface area contributed by atoms with E-state index in [-0.39, 0.29) is 27.7 Å². The molecular formula is C16H12ClFO4. The van der Waals surface area contributed by atoms with Crippen molar-refractivity contribution in [2.24, 2.45) is 0 Å². The molecule has 0 heterocycles. The lowest BCUT2D eigenvalue weighted by atomic mass is 10.0. The first-order chi connectivity index (χ1) is 10.4. The number of phenols is 1. The summed E-state index contributed by atoms with van der Waals surface area (Å²) in [6.45, 7) is 0. The van der Waals surface area contributed by atoms with Crippen molar-refractivity contribution in [2.45, 2.75) is 0 Å². The van der Waals surface area contributed by atoms with Crippen LogP contribution in [-0.4, -0.2) is 23.3 Å². The third-order valence-electron chi connectivity index (χ3n) is 2.97. The van der Waals surface area contributed by atoms with E-state index in [1.54, 1.807) is 0 Å². The van der Waals surface area contributed by atoms with Gasteiger partial charge in [-0.25, -0.2) is 9.18 Å². The Morgan fingerprint density at radius 1 is 1.27 bits per heavy atom. The molecule has 6 heteroatoms. The number of benzene rings is 2. The Bertz CT molecular complexity index is 739. The Labute approximate surface area is 131 Å². The molecule has 0 spiro atoms. The summed E-state index contributed by atoms with van der Waals surface area (Å²) in [7, 11) is 1.36. The highest BCUT2D eigenvalue weighted by molar-refractivity contribution is 6.31. The van der Waals surface area contributed by atoms with Gasteiger partial charge >= 0.3 is 5.97 Å². The van der Waals surface area contributed by atoms with Gasteiger partial charge in [0.15, 0.2) is 11.5 Å². The molecule has 0 bridgehead atoms. The molecule has 0 saturated carbocycles. The molecule has 22 heavy (non-hydrogen) atoms. The summed E-state index contributed by atoms with van der Waals surface area (Å²) >= 11 is 5.91. The van der Waals surface area contributed by atoms with Gasteiger partial charge in [-0.3, -0.25) is 0 Å². The Hall–Kier alpha value is -2.53. The monoisotopic (exact) mass is 322 g/mol. The van der Waals surface area contributed by atoms with Crippen LogP contribution in [-0.2, 0) is 4.79 Å². The number of halogens is 2. The minimum Gasteiger partial charge on any atom is -0.504 e. The molecule has 114 valence electrons. The lowest BCUT2D eigenvalue weighted by Crippen LogP contribution is -2.00. The molecule has 0 amide bonds. The van der Waals surface area contributed by atoms with Crippen molar-refractivity contribution >= 4 is 29.2 Å². The van der Waals surface area contributed by atoms with Crippen molar-refractivity contribution in [2.75, 3.05) is 7.11 Å². The van der Waals surface area contributed by atoms with Crippen molar-refractivity contribution in [3.63, 3.8) is 0 Å². The van der Waals surface area contributed by atoms with Crippen LogP contribution in [0.4, 0.5) is 4.39 Å². The van der Waals surface area contributed by atoms with Gasteiger partial charge in [-0.15, -0.1) is 0 Å². The predicted octanol–water partition coefficient (Wildman–Crippen LogP) is 3.82. The average molecular weight is 323 g/mol. The number of hydrogen-bond donors (Lipinski definition) is 2. The van der Waals surface area contributed by atoms with Crippen molar-refractivity contribution in [3.8, 4) is 11.5 Å². The molecule has 2 rings (SSSR count). The third kappa shape index (κ3) is 3.38. The van der Waals surface area contributed by atoms with E-state index < -0.39 is 11.8 Å². The first-order valence-electron chi connectivity index (χ1n) is 6.20. The van der Waals surface area contributed by atoms with Crippen LogP contribution in [0.15, 0.2) is 36.4 Å². The van der Waals surface area contributed by atoms with Crippen molar-refractivity contribution in [1.29, 1.82) is 0 Å². The number of aromatic hydroxyl groups is 1. The first kappa shape index (κ1) is 15.9. The van der Waals surface area contributed by atoms with E-state index in [1.165, 1.54) is 37.5 Å². The zero-order valence-electron chi connectivity index (χ0n) is 11.5. The van der Waals surface area contributed by atoms with Crippen LogP contribution in [0.1, 0.15) is 11.1 Å². The maximum Gasteiger partial charge on any atom is 0.336 e. The lowest BCUT2D eigenvalue weighted by Gasteiger charge is -2.09. The molecule has 0 saturated heterocycles. The molecule has 0 aromatic heterocycles. The van der Waals surface area contributed by atoms with Gasteiger partial charge in [-0.05, 0) is 29.8 Å². The standard InChI is InChI=1S/C16H12ClFO4/c1-22-14-8-11(17)6-10(15(14)19)7-13(16(20)21)9-2-4-12(18)5-3-9/h2-8,19H,1H3,(H,20,21)/b13-7-. The van der Waals surface area contributed by atoms with E-state index in [1.807, 2.05) is 0 Å². The second-order valence-electron chi connectivity index (χ2n) is 4.42. The van der Waals surface area contributed by atoms with Crippen LogP contribution in [0.25, 0.3) is 11.6 Å². The van der Waals surface area contributed by atoms with Crippen LogP contribution in [0, 0.1) is 5.82 Å². The zero-order valence-corrected chi connectivity index (χ0v) is 12.3. The molecule has 0 radical (unpaired) electrons. The Kier molecular flexibility index (Phi) is 4.68. The average Bonchev–Trinajstić information content (AvgIpc) is 2.48. The van der Waals surface area contributed by atoms with Gasteiger partial charge in [0.2, 0.25) is 0 Å². The van der Waals surface area contributed by atoms with Crippen LogP contribution in [0.2, 0.25) is 5.02 Å². The summed E-state index contributed by atoms with van der Waals surface area (Å²) in [5.74, 6) is -1.79. The normalized spacial score (nSPS) is 11.3. The number of ether oxygens (including phenoxy) is 1. The largest absolute Gasteiger partial charge is 0.504 e. The molecule has 0 aliphatic rings. The summed E-state index contributed by atoms with van der Waals surface area (Å²) in [5.41, 5.74) is 0.373. The number of hydrogen-bond acceptors (Lipinski definition) is 3. The van der Waals surface area contributed by atoms with Crippen LogP contribution >= 0.6 is 11.6 Å². The first-order valence-corrected chi connectivity index (χ1v) is 6.57. The van der Waals surface area contributed by atoms with Crippen LogP contribution < -0.4 is 4.74 Å². The number of aliphatic carboxylic acids is 1. The molecule has 2 aromatic carbocycles. The highest BCUT2D eigenvalue weighted by Gasteiger charge is 2.14. The van der Waals surface area contributed by atoms with Crippen molar-refractivity contribution in [1.82, 2.24) is 0 Å². The number of methoxy groups -OCH3 is 1. The van der Waals surface area contributed by atoms with Crippen LogP contribution in [0.5, 0.6) is 11.5 Å². The number of carbonyl (C=O) groups is 1. The second-order valence-corrected chi connectivity index (χ2v) is 4.85. The van der Waals surface area contributed by atoms with Gasteiger partial charge in [-0.1, -0.05) is 23.7 Å². The molecule has 4 nitrogen and oxygen atoms in total. The minimum absolute atomic E-state index is 0.111.